The van der Waals surface area contributed by atoms with Gasteiger partial charge >= 0.3 is 6.18 Å². The third-order valence-corrected chi connectivity index (χ3v) is 5.64. The van der Waals surface area contributed by atoms with Crippen LogP contribution in [0.15, 0.2) is 52.9 Å². The Hall–Kier alpha value is -3.99. The summed E-state index contributed by atoms with van der Waals surface area (Å²) in [7, 11) is 1.32. The number of nitrogens with one attached hydrogen (secondary N) is 1. The predicted molar refractivity (Wildman–Crippen MR) is 124 cm³/mol. The number of amides is 1. The Bertz CT molecular complexity index is 1400. The number of ether oxygens (including phenoxy) is 1. The van der Waals surface area contributed by atoms with Crippen LogP contribution in [0.2, 0.25) is 0 Å². The molecule has 4 aromatic rings. The van der Waals surface area contributed by atoms with Gasteiger partial charge in [-0.15, -0.1) is 0 Å². The molecular weight excluding hydrogens is 480 g/mol. The van der Waals surface area contributed by atoms with Crippen LogP contribution in [-0.2, 0) is 12.7 Å². The van der Waals surface area contributed by atoms with Gasteiger partial charge in [0, 0.05) is 10.9 Å². The zero-order valence-corrected chi connectivity index (χ0v) is 19.3. The number of nitrogens with zero attached hydrogens (tertiary/aromatic N) is 2. The van der Waals surface area contributed by atoms with E-state index in [2.05, 4.69) is 15.3 Å². The molecule has 2 aromatic heterocycles. The van der Waals surface area contributed by atoms with Crippen molar-refractivity contribution in [2.75, 3.05) is 7.11 Å². The van der Waals surface area contributed by atoms with Gasteiger partial charge in [-0.05, 0) is 48.4 Å². The van der Waals surface area contributed by atoms with Crippen LogP contribution in [0.1, 0.15) is 46.9 Å². The summed E-state index contributed by atoms with van der Waals surface area (Å²) in [6, 6.07) is 10.4. The second-order valence-electron chi connectivity index (χ2n) is 7.89. The molecule has 2 heterocycles. The Labute approximate surface area is 203 Å². The highest BCUT2D eigenvalue weighted by molar-refractivity contribution is 5.98. The summed E-state index contributed by atoms with van der Waals surface area (Å²) in [5.74, 6) is -0.731. The molecule has 0 fully saturated rings. The Morgan fingerprint density at radius 2 is 1.83 bits per heavy atom. The highest BCUT2D eigenvalue weighted by Crippen LogP contribution is 2.37. The first kappa shape index (κ1) is 25.1. The average Bonchev–Trinajstić information content (AvgIpc) is 3.30. The molecule has 36 heavy (non-hydrogen) atoms. The van der Waals surface area contributed by atoms with Crippen LogP contribution in [-0.4, -0.2) is 23.0 Å². The number of halogens is 4. The number of methoxy groups -OCH3 is 1. The first-order valence-electron chi connectivity index (χ1n) is 11.0. The standard InChI is InChI=1S/C25H22F4N4O3/c1-3-17(13-4-6-14(26)7-5-13)31-23(34)22-19(12-30)36-24(33-22)16-8-10-18(35-2)21-15(16)9-11-20(32-21)25(27,28)29/h4-11,17H,3,12,30H2,1-2H3,(H,31,34). The fourth-order valence-corrected chi connectivity index (χ4v) is 3.83. The van der Waals surface area contributed by atoms with Gasteiger partial charge in [-0.1, -0.05) is 19.1 Å². The number of rotatable bonds is 7. The van der Waals surface area contributed by atoms with Crippen LogP contribution in [0.5, 0.6) is 5.75 Å². The molecule has 0 aliphatic rings. The van der Waals surface area contributed by atoms with Crippen LogP contribution in [0, 0.1) is 5.82 Å². The van der Waals surface area contributed by atoms with E-state index in [0.717, 1.165) is 6.07 Å². The summed E-state index contributed by atoms with van der Waals surface area (Å²) in [5.41, 5.74) is 5.63. The molecule has 1 atom stereocenters. The zero-order chi connectivity index (χ0) is 26.0. The smallest absolute Gasteiger partial charge is 0.433 e. The van der Waals surface area contributed by atoms with Crippen molar-refractivity contribution in [1.82, 2.24) is 15.3 Å². The summed E-state index contributed by atoms with van der Waals surface area (Å²) in [6.07, 6.45) is -4.12. The van der Waals surface area contributed by atoms with Crippen LogP contribution in [0.3, 0.4) is 0 Å². The third kappa shape index (κ3) is 4.87. The number of carbonyl (C=O) groups is 1. The summed E-state index contributed by atoms with van der Waals surface area (Å²) in [5, 5.41) is 3.13. The monoisotopic (exact) mass is 502 g/mol. The minimum Gasteiger partial charge on any atom is -0.494 e. The lowest BCUT2D eigenvalue weighted by atomic mass is 10.0. The van der Waals surface area contributed by atoms with Gasteiger partial charge in [0.1, 0.15) is 22.8 Å². The van der Waals surface area contributed by atoms with Gasteiger partial charge in [0.05, 0.1) is 19.7 Å². The lowest BCUT2D eigenvalue weighted by molar-refractivity contribution is -0.140. The first-order chi connectivity index (χ1) is 17.2. The molecule has 0 saturated carbocycles. The molecule has 188 valence electrons. The second kappa shape index (κ2) is 9.94. The number of carbonyl (C=O) groups excluding carboxylic acids is 1. The van der Waals surface area contributed by atoms with Gasteiger partial charge in [0.2, 0.25) is 5.89 Å². The van der Waals surface area contributed by atoms with E-state index in [0.29, 0.717) is 17.5 Å². The molecule has 4 rings (SSSR count). The van der Waals surface area contributed by atoms with Gasteiger partial charge in [-0.25, -0.2) is 14.4 Å². The van der Waals surface area contributed by atoms with Gasteiger partial charge in [-0.3, -0.25) is 4.79 Å². The van der Waals surface area contributed by atoms with Gasteiger partial charge in [0.25, 0.3) is 5.91 Å². The van der Waals surface area contributed by atoms with E-state index in [9.17, 15) is 22.4 Å². The fourth-order valence-electron chi connectivity index (χ4n) is 3.83. The molecule has 0 spiro atoms. The number of nitrogens with two attached hydrogens (primary N) is 1. The number of alkyl halides is 3. The normalized spacial score (nSPS) is 12.5. The molecule has 1 unspecified atom stereocenters. The van der Waals surface area contributed by atoms with Gasteiger partial charge < -0.3 is 20.2 Å². The Balaban J connectivity index is 1.73. The van der Waals surface area contributed by atoms with E-state index in [1.165, 1.54) is 31.4 Å². The average molecular weight is 502 g/mol. The highest BCUT2D eigenvalue weighted by Gasteiger charge is 2.33. The Morgan fingerprint density at radius 3 is 2.44 bits per heavy atom. The number of hydrogen-bond acceptors (Lipinski definition) is 6. The maximum Gasteiger partial charge on any atom is 0.433 e. The molecule has 0 aliphatic heterocycles. The minimum atomic E-state index is -4.64. The largest absolute Gasteiger partial charge is 0.494 e. The van der Waals surface area contributed by atoms with Crippen molar-refractivity contribution in [3.63, 3.8) is 0 Å². The minimum absolute atomic E-state index is 0.00959. The predicted octanol–water partition coefficient (Wildman–Crippen LogP) is 5.40. The van der Waals surface area contributed by atoms with Crippen molar-refractivity contribution in [2.24, 2.45) is 5.73 Å². The molecule has 0 aliphatic carbocycles. The van der Waals surface area contributed by atoms with Crippen molar-refractivity contribution in [1.29, 1.82) is 0 Å². The number of fused-ring (bicyclic) bond motifs is 1. The maximum absolute atomic E-state index is 13.3. The van der Waals surface area contributed by atoms with E-state index in [4.69, 9.17) is 14.9 Å². The van der Waals surface area contributed by atoms with E-state index in [1.54, 1.807) is 18.2 Å². The molecule has 3 N–H and O–H groups in total. The van der Waals surface area contributed by atoms with Crippen LogP contribution < -0.4 is 15.8 Å². The van der Waals surface area contributed by atoms with Crippen LogP contribution in [0.4, 0.5) is 17.6 Å². The van der Waals surface area contributed by atoms with Crippen molar-refractivity contribution in [2.45, 2.75) is 32.1 Å². The van der Waals surface area contributed by atoms with E-state index >= 15 is 0 Å². The van der Waals surface area contributed by atoms with Crippen LogP contribution in [0.25, 0.3) is 22.4 Å². The summed E-state index contributed by atoms with van der Waals surface area (Å²) in [4.78, 5) is 21.1. The lowest BCUT2D eigenvalue weighted by Gasteiger charge is -2.17. The van der Waals surface area contributed by atoms with E-state index in [-0.39, 0.29) is 40.5 Å². The van der Waals surface area contributed by atoms with Crippen molar-refractivity contribution >= 4 is 16.8 Å². The molecule has 0 saturated heterocycles. The summed E-state index contributed by atoms with van der Waals surface area (Å²) >= 11 is 0. The number of aromatic nitrogens is 2. The molecule has 0 bridgehead atoms. The first-order valence-corrected chi connectivity index (χ1v) is 11.0. The van der Waals surface area contributed by atoms with Crippen molar-refractivity contribution in [3.8, 4) is 17.2 Å². The molecule has 11 heteroatoms. The van der Waals surface area contributed by atoms with Gasteiger partial charge in [0.15, 0.2) is 11.5 Å². The number of oxazole rings is 1. The lowest BCUT2D eigenvalue weighted by Crippen LogP contribution is -2.29. The quantitative estimate of drug-likeness (QED) is 0.328. The number of hydrogen-bond donors (Lipinski definition) is 2. The zero-order valence-electron chi connectivity index (χ0n) is 19.3. The number of pyridine rings is 1. The topological polar surface area (TPSA) is 103 Å². The van der Waals surface area contributed by atoms with E-state index < -0.39 is 29.6 Å². The molecule has 0 radical (unpaired) electrons. The van der Waals surface area contributed by atoms with Crippen LogP contribution >= 0.6 is 0 Å². The highest BCUT2D eigenvalue weighted by atomic mass is 19.4. The van der Waals surface area contributed by atoms with Crippen molar-refractivity contribution in [3.05, 3.63) is 77.1 Å². The summed E-state index contributed by atoms with van der Waals surface area (Å²) < 4.78 is 63.9. The molecule has 7 nitrogen and oxygen atoms in total. The molecule has 2 aromatic carbocycles. The summed E-state index contributed by atoms with van der Waals surface area (Å²) in [6.45, 7) is 1.71. The Kier molecular flexibility index (Phi) is 6.93. The van der Waals surface area contributed by atoms with Gasteiger partial charge in [-0.2, -0.15) is 13.2 Å². The maximum atomic E-state index is 13.3. The molecule has 1 amide bonds. The van der Waals surface area contributed by atoms with E-state index in [1.807, 2.05) is 6.92 Å². The third-order valence-electron chi connectivity index (χ3n) is 5.64. The number of benzene rings is 2. The molecular formula is C25H22F4N4O3. The Morgan fingerprint density at radius 1 is 1.11 bits per heavy atom. The fraction of sp³-hybridized carbons (Fsp3) is 0.240. The SMILES string of the molecule is CCC(NC(=O)c1nc(-c2ccc(OC)c3nc(C(F)(F)F)ccc23)oc1CN)c1ccc(F)cc1. The van der Waals surface area contributed by atoms with Crippen molar-refractivity contribution < 1.29 is 31.5 Å². The second-order valence-corrected chi connectivity index (χ2v) is 7.89.